The quantitative estimate of drug-likeness (QED) is 0.379. The first-order chi connectivity index (χ1) is 10.4. The average Bonchev–Trinajstić information content (AvgIpc) is 2.88. The molecule has 4 nitrogen and oxygen atoms in total. The van der Waals surface area contributed by atoms with Crippen LogP contribution in [0.3, 0.4) is 0 Å². The second-order valence-corrected chi connectivity index (χ2v) is 7.45. The van der Waals surface area contributed by atoms with E-state index in [1.165, 1.54) is 57.4 Å². The summed E-state index contributed by atoms with van der Waals surface area (Å²) in [5.41, 5.74) is 0. The van der Waals surface area contributed by atoms with Crippen LogP contribution in [0, 0.1) is 0 Å². The van der Waals surface area contributed by atoms with Gasteiger partial charge >= 0.3 is 0 Å². The Morgan fingerprint density at radius 2 is 1.91 bits per heavy atom. The molecule has 2 aliphatic rings. The number of halogens is 1. The molecule has 1 atom stereocenters. The van der Waals surface area contributed by atoms with E-state index in [0.717, 1.165) is 37.4 Å². The second-order valence-electron chi connectivity index (χ2n) is 6.04. The molecule has 0 radical (unpaired) electrons. The third-order valence-electron chi connectivity index (χ3n) is 4.24. The molecule has 2 heterocycles. The van der Waals surface area contributed by atoms with Crippen LogP contribution in [-0.4, -0.2) is 61.1 Å². The maximum Gasteiger partial charge on any atom is 0.191 e. The van der Waals surface area contributed by atoms with Crippen LogP contribution in [0.25, 0.3) is 0 Å². The molecule has 0 bridgehead atoms. The predicted molar refractivity (Wildman–Crippen MR) is 110 cm³/mol. The molecule has 0 spiro atoms. The minimum Gasteiger partial charge on any atom is -0.357 e. The van der Waals surface area contributed by atoms with E-state index >= 15 is 0 Å². The summed E-state index contributed by atoms with van der Waals surface area (Å²) < 4.78 is 0. The van der Waals surface area contributed by atoms with Crippen LogP contribution in [0.1, 0.15) is 45.4 Å². The Hall–Kier alpha value is 0.310. The number of likely N-dealkylation sites (tertiary alicyclic amines) is 1. The van der Waals surface area contributed by atoms with Crippen molar-refractivity contribution in [3.63, 3.8) is 0 Å². The Balaban J connectivity index is 0.00000242. The van der Waals surface area contributed by atoms with Crippen LogP contribution < -0.4 is 10.6 Å². The lowest BCUT2D eigenvalue weighted by atomic mass is 10.2. The first kappa shape index (κ1) is 20.4. The van der Waals surface area contributed by atoms with Crippen molar-refractivity contribution in [1.29, 1.82) is 0 Å². The lowest BCUT2D eigenvalue weighted by Gasteiger charge is -2.20. The number of thioether (sulfide) groups is 1. The van der Waals surface area contributed by atoms with Crippen LogP contribution in [0.4, 0.5) is 0 Å². The highest BCUT2D eigenvalue weighted by Crippen LogP contribution is 2.25. The summed E-state index contributed by atoms with van der Waals surface area (Å²) in [5.74, 6) is 2.32. The lowest BCUT2D eigenvalue weighted by Crippen LogP contribution is -2.42. The van der Waals surface area contributed by atoms with Crippen LogP contribution in [0.15, 0.2) is 4.99 Å². The molecule has 0 aliphatic carbocycles. The molecular formula is C16H33IN4S. The molecule has 0 aromatic rings. The van der Waals surface area contributed by atoms with Gasteiger partial charge in [0.25, 0.3) is 0 Å². The van der Waals surface area contributed by atoms with Gasteiger partial charge in [0.15, 0.2) is 5.96 Å². The highest BCUT2D eigenvalue weighted by atomic mass is 127. The van der Waals surface area contributed by atoms with E-state index in [4.69, 9.17) is 4.99 Å². The standard InChI is InChI=1S/C16H32N4S.HI/c1-2-17-16(19-14-15-8-7-13-21-15)18-9-12-20-10-5-3-4-6-11-20;/h15H,2-14H2,1H3,(H2,17,18,19);1H. The minimum absolute atomic E-state index is 0. The highest BCUT2D eigenvalue weighted by Gasteiger charge is 2.15. The zero-order valence-electron chi connectivity index (χ0n) is 14.0. The van der Waals surface area contributed by atoms with Gasteiger partial charge < -0.3 is 15.5 Å². The van der Waals surface area contributed by atoms with Crippen LogP contribution >= 0.6 is 35.7 Å². The van der Waals surface area contributed by atoms with E-state index in [1.54, 1.807) is 0 Å². The van der Waals surface area contributed by atoms with Crippen molar-refractivity contribution in [3.8, 4) is 0 Å². The topological polar surface area (TPSA) is 39.7 Å². The van der Waals surface area contributed by atoms with Gasteiger partial charge in [0, 0.05) is 24.9 Å². The molecule has 0 aromatic carbocycles. The number of nitrogens with zero attached hydrogens (tertiary/aromatic N) is 2. The molecule has 2 N–H and O–H groups in total. The van der Waals surface area contributed by atoms with Gasteiger partial charge in [-0.1, -0.05) is 12.8 Å². The Kier molecular flexibility index (Phi) is 11.7. The zero-order chi connectivity index (χ0) is 14.8. The Morgan fingerprint density at radius 3 is 2.55 bits per heavy atom. The average molecular weight is 440 g/mol. The van der Waals surface area contributed by atoms with Crippen molar-refractivity contribution in [3.05, 3.63) is 0 Å². The molecule has 2 saturated heterocycles. The smallest absolute Gasteiger partial charge is 0.191 e. The third-order valence-corrected chi connectivity index (χ3v) is 5.62. The van der Waals surface area contributed by atoms with Gasteiger partial charge in [0.2, 0.25) is 0 Å². The van der Waals surface area contributed by atoms with Crippen molar-refractivity contribution in [2.24, 2.45) is 4.99 Å². The number of aliphatic imine (C=N–C) groups is 1. The van der Waals surface area contributed by atoms with E-state index in [9.17, 15) is 0 Å². The molecular weight excluding hydrogens is 407 g/mol. The molecule has 0 saturated carbocycles. The molecule has 0 aromatic heterocycles. The summed E-state index contributed by atoms with van der Waals surface area (Å²) in [7, 11) is 0. The second kappa shape index (κ2) is 12.7. The summed E-state index contributed by atoms with van der Waals surface area (Å²) in [5, 5.41) is 7.61. The van der Waals surface area contributed by atoms with E-state index in [2.05, 4.69) is 34.2 Å². The molecule has 2 rings (SSSR count). The first-order valence-electron chi connectivity index (χ1n) is 8.74. The monoisotopic (exact) mass is 440 g/mol. The van der Waals surface area contributed by atoms with E-state index in [0.29, 0.717) is 0 Å². The Morgan fingerprint density at radius 1 is 1.14 bits per heavy atom. The predicted octanol–water partition coefficient (Wildman–Crippen LogP) is 2.93. The van der Waals surface area contributed by atoms with E-state index in [-0.39, 0.29) is 24.0 Å². The zero-order valence-corrected chi connectivity index (χ0v) is 17.1. The molecule has 22 heavy (non-hydrogen) atoms. The number of hydrogen-bond donors (Lipinski definition) is 2. The van der Waals surface area contributed by atoms with Crippen molar-refractivity contribution in [2.45, 2.75) is 50.7 Å². The number of guanidine groups is 1. The molecule has 2 fully saturated rings. The summed E-state index contributed by atoms with van der Waals surface area (Å²) >= 11 is 2.08. The maximum atomic E-state index is 4.75. The normalized spacial score (nSPS) is 23.7. The Bertz CT molecular complexity index is 301. The number of hydrogen-bond acceptors (Lipinski definition) is 3. The lowest BCUT2D eigenvalue weighted by molar-refractivity contribution is 0.289. The van der Waals surface area contributed by atoms with Gasteiger partial charge in [-0.2, -0.15) is 11.8 Å². The fraction of sp³-hybridized carbons (Fsp3) is 0.938. The Labute approximate surface area is 157 Å². The first-order valence-corrected chi connectivity index (χ1v) is 9.79. The van der Waals surface area contributed by atoms with Gasteiger partial charge in [0.1, 0.15) is 0 Å². The SMILES string of the molecule is CCNC(=NCC1CCCS1)NCCN1CCCCCC1.I. The van der Waals surface area contributed by atoms with Crippen LogP contribution in [-0.2, 0) is 0 Å². The molecule has 1 unspecified atom stereocenters. The molecule has 2 aliphatic heterocycles. The fourth-order valence-electron chi connectivity index (χ4n) is 3.02. The summed E-state index contributed by atoms with van der Waals surface area (Å²) in [6, 6.07) is 0. The number of nitrogens with one attached hydrogen (secondary N) is 2. The van der Waals surface area contributed by atoms with Gasteiger partial charge in [-0.15, -0.1) is 24.0 Å². The summed E-state index contributed by atoms with van der Waals surface area (Å²) in [4.78, 5) is 7.35. The van der Waals surface area contributed by atoms with E-state index < -0.39 is 0 Å². The highest BCUT2D eigenvalue weighted by molar-refractivity contribution is 14.0. The van der Waals surface area contributed by atoms with Gasteiger partial charge in [-0.3, -0.25) is 4.99 Å². The maximum absolute atomic E-state index is 4.75. The van der Waals surface area contributed by atoms with Gasteiger partial charge in [0.05, 0.1) is 6.54 Å². The largest absolute Gasteiger partial charge is 0.357 e. The minimum atomic E-state index is 0. The van der Waals surface area contributed by atoms with E-state index in [1.807, 2.05) is 0 Å². The van der Waals surface area contributed by atoms with Crippen LogP contribution in [0.2, 0.25) is 0 Å². The van der Waals surface area contributed by atoms with Crippen molar-refractivity contribution in [2.75, 3.05) is 45.0 Å². The summed E-state index contributed by atoms with van der Waals surface area (Å²) in [6.45, 7) is 8.72. The van der Waals surface area contributed by atoms with Crippen molar-refractivity contribution in [1.82, 2.24) is 15.5 Å². The van der Waals surface area contributed by atoms with Crippen molar-refractivity contribution >= 4 is 41.7 Å². The fourth-order valence-corrected chi connectivity index (χ4v) is 4.20. The third kappa shape index (κ3) is 8.24. The number of rotatable bonds is 6. The summed E-state index contributed by atoms with van der Waals surface area (Å²) in [6.07, 6.45) is 8.26. The van der Waals surface area contributed by atoms with Crippen molar-refractivity contribution < 1.29 is 0 Å². The molecule has 130 valence electrons. The van der Waals surface area contributed by atoms with Gasteiger partial charge in [-0.05, 0) is 51.4 Å². The molecule has 0 amide bonds. The van der Waals surface area contributed by atoms with Crippen LogP contribution in [0.5, 0.6) is 0 Å². The molecule has 6 heteroatoms. The van der Waals surface area contributed by atoms with Gasteiger partial charge in [-0.25, -0.2) is 0 Å².